The zero-order chi connectivity index (χ0) is 12.3. The van der Waals surface area contributed by atoms with Gasteiger partial charge in [0.05, 0.1) is 6.54 Å². The molecule has 0 aromatic heterocycles. The molecule has 1 N–H and O–H groups in total. The normalized spacial score (nSPS) is 26.3. The average molecular weight is 254 g/mol. The summed E-state index contributed by atoms with van der Waals surface area (Å²) in [6.45, 7) is 9.11. The van der Waals surface area contributed by atoms with E-state index in [0.717, 1.165) is 19.0 Å². The van der Waals surface area contributed by atoms with Crippen LogP contribution in [0.2, 0.25) is 0 Å². The quantitative estimate of drug-likeness (QED) is 0.831. The van der Waals surface area contributed by atoms with Gasteiger partial charge in [-0.3, -0.25) is 4.99 Å². The van der Waals surface area contributed by atoms with Crippen LogP contribution in [0, 0.1) is 11.3 Å². The molecule has 98 valence electrons. The maximum atomic E-state index is 4.63. The van der Waals surface area contributed by atoms with Crippen LogP contribution in [-0.2, 0) is 0 Å². The Morgan fingerprint density at radius 1 is 1.29 bits per heavy atom. The third-order valence-electron chi connectivity index (χ3n) is 3.57. The minimum atomic E-state index is 0.425. The van der Waals surface area contributed by atoms with Gasteiger partial charge < -0.3 is 5.32 Å². The van der Waals surface area contributed by atoms with Gasteiger partial charge in [0, 0.05) is 11.8 Å². The van der Waals surface area contributed by atoms with Crippen LogP contribution >= 0.6 is 11.8 Å². The van der Waals surface area contributed by atoms with E-state index < -0.39 is 0 Å². The second-order valence-corrected chi connectivity index (χ2v) is 7.97. The van der Waals surface area contributed by atoms with E-state index in [1.54, 1.807) is 0 Å². The number of thioether (sulfide) groups is 1. The van der Waals surface area contributed by atoms with Gasteiger partial charge in [0.15, 0.2) is 5.17 Å². The molecule has 1 atom stereocenters. The van der Waals surface area contributed by atoms with Crippen LogP contribution in [0.4, 0.5) is 0 Å². The van der Waals surface area contributed by atoms with Crippen molar-refractivity contribution >= 4 is 16.9 Å². The van der Waals surface area contributed by atoms with E-state index in [1.807, 2.05) is 11.8 Å². The summed E-state index contributed by atoms with van der Waals surface area (Å²) in [5, 5.41) is 5.45. The molecule has 0 bridgehead atoms. The lowest BCUT2D eigenvalue weighted by atomic mass is 9.90. The molecule has 1 heterocycles. The first-order valence-corrected chi connectivity index (χ1v) is 7.86. The van der Waals surface area contributed by atoms with Gasteiger partial charge in [-0.25, -0.2) is 0 Å². The Labute approximate surface area is 110 Å². The molecule has 1 aliphatic carbocycles. The lowest BCUT2D eigenvalue weighted by Gasteiger charge is -2.21. The maximum Gasteiger partial charge on any atom is 0.156 e. The lowest BCUT2D eigenvalue weighted by molar-refractivity contribution is 0.375. The molecule has 0 aromatic rings. The van der Waals surface area contributed by atoms with Gasteiger partial charge in [-0.05, 0) is 30.6 Å². The SMILES string of the molecule is CC(C)(C)CC1CN=C(NCC2CCCC2)S1. The molecule has 0 radical (unpaired) electrons. The summed E-state index contributed by atoms with van der Waals surface area (Å²) in [5.74, 6) is 0.903. The Hall–Kier alpha value is -0.180. The summed E-state index contributed by atoms with van der Waals surface area (Å²) in [7, 11) is 0. The lowest BCUT2D eigenvalue weighted by Crippen LogP contribution is -2.25. The first-order chi connectivity index (χ1) is 8.03. The van der Waals surface area contributed by atoms with Gasteiger partial charge in [0.2, 0.25) is 0 Å². The van der Waals surface area contributed by atoms with Crippen molar-refractivity contribution in [3.63, 3.8) is 0 Å². The van der Waals surface area contributed by atoms with Crippen molar-refractivity contribution < 1.29 is 0 Å². The van der Waals surface area contributed by atoms with E-state index >= 15 is 0 Å². The molecule has 3 heteroatoms. The first-order valence-electron chi connectivity index (χ1n) is 6.98. The third kappa shape index (κ3) is 4.53. The minimum Gasteiger partial charge on any atom is -0.365 e. The van der Waals surface area contributed by atoms with E-state index in [-0.39, 0.29) is 0 Å². The van der Waals surface area contributed by atoms with Crippen LogP contribution in [0.15, 0.2) is 4.99 Å². The largest absolute Gasteiger partial charge is 0.365 e. The molecule has 1 fully saturated rings. The fraction of sp³-hybridized carbons (Fsp3) is 0.929. The number of nitrogens with one attached hydrogen (secondary N) is 1. The van der Waals surface area contributed by atoms with Crippen molar-refractivity contribution in [3.8, 4) is 0 Å². The average Bonchev–Trinajstić information content (AvgIpc) is 2.82. The van der Waals surface area contributed by atoms with Crippen LogP contribution in [0.3, 0.4) is 0 Å². The summed E-state index contributed by atoms with van der Waals surface area (Å²) in [4.78, 5) is 4.63. The zero-order valence-electron chi connectivity index (χ0n) is 11.5. The topological polar surface area (TPSA) is 24.4 Å². The van der Waals surface area contributed by atoms with Crippen LogP contribution < -0.4 is 5.32 Å². The molecule has 0 saturated heterocycles. The molecule has 2 nitrogen and oxygen atoms in total. The van der Waals surface area contributed by atoms with Crippen LogP contribution in [0.1, 0.15) is 52.9 Å². The second kappa shape index (κ2) is 5.64. The predicted octanol–water partition coefficient (Wildman–Crippen LogP) is 3.67. The fourth-order valence-corrected chi connectivity index (χ4v) is 4.11. The summed E-state index contributed by atoms with van der Waals surface area (Å²) >= 11 is 1.96. The first kappa shape index (κ1) is 13.3. The second-order valence-electron chi connectivity index (χ2n) is 6.68. The highest BCUT2D eigenvalue weighted by Gasteiger charge is 2.25. The highest BCUT2D eigenvalue weighted by atomic mass is 32.2. The van der Waals surface area contributed by atoms with Crippen molar-refractivity contribution in [2.45, 2.75) is 58.1 Å². The van der Waals surface area contributed by atoms with Gasteiger partial charge in [-0.2, -0.15) is 0 Å². The smallest absolute Gasteiger partial charge is 0.156 e. The molecular formula is C14H26N2S. The van der Waals surface area contributed by atoms with Crippen molar-refractivity contribution in [1.29, 1.82) is 0 Å². The summed E-state index contributed by atoms with van der Waals surface area (Å²) in [6, 6.07) is 0. The van der Waals surface area contributed by atoms with Crippen molar-refractivity contribution in [3.05, 3.63) is 0 Å². The van der Waals surface area contributed by atoms with Crippen LogP contribution in [0.5, 0.6) is 0 Å². The van der Waals surface area contributed by atoms with Crippen LogP contribution in [0.25, 0.3) is 0 Å². The van der Waals surface area contributed by atoms with Crippen molar-refractivity contribution in [1.82, 2.24) is 5.32 Å². The number of hydrogen-bond donors (Lipinski definition) is 1. The summed E-state index contributed by atoms with van der Waals surface area (Å²) in [5.41, 5.74) is 0.425. The van der Waals surface area contributed by atoms with Gasteiger partial charge in [-0.15, -0.1) is 0 Å². The molecule has 0 aromatic carbocycles. The van der Waals surface area contributed by atoms with E-state index in [2.05, 4.69) is 31.1 Å². The number of rotatable bonds is 3. The Kier molecular flexibility index (Phi) is 4.40. The molecule has 0 spiro atoms. The predicted molar refractivity (Wildman–Crippen MR) is 77.7 cm³/mol. The van der Waals surface area contributed by atoms with Gasteiger partial charge in [0.25, 0.3) is 0 Å². The number of aliphatic imine (C=N–C) groups is 1. The van der Waals surface area contributed by atoms with Crippen molar-refractivity contribution in [2.75, 3.05) is 13.1 Å². The molecular weight excluding hydrogens is 228 g/mol. The summed E-state index contributed by atoms with van der Waals surface area (Å²) in [6.07, 6.45) is 6.94. The van der Waals surface area contributed by atoms with E-state index in [1.165, 1.54) is 37.3 Å². The van der Waals surface area contributed by atoms with Gasteiger partial charge >= 0.3 is 0 Å². The van der Waals surface area contributed by atoms with E-state index in [0.29, 0.717) is 10.7 Å². The molecule has 0 amide bonds. The maximum absolute atomic E-state index is 4.63. The number of nitrogens with zero attached hydrogens (tertiary/aromatic N) is 1. The zero-order valence-corrected chi connectivity index (χ0v) is 12.3. The Bertz CT molecular complexity index is 274. The van der Waals surface area contributed by atoms with E-state index in [4.69, 9.17) is 0 Å². The molecule has 2 aliphatic rings. The van der Waals surface area contributed by atoms with Gasteiger partial charge in [0.1, 0.15) is 0 Å². The van der Waals surface area contributed by atoms with E-state index in [9.17, 15) is 0 Å². The summed E-state index contributed by atoms with van der Waals surface area (Å²) < 4.78 is 0. The highest BCUT2D eigenvalue weighted by Crippen LogP contribution is 2.31. The molecule has 1 saturated carbocycles. The molecule has 17 heavy (non-hydrogen) atoms. The van der Waals surface area contributed by atoms with Crippen LogP contribution in [-0.4, -0.2) is 23.5 Å². The highest BCUT2D eigenvalue weighted by molar-refractivity contribution is 8.14. The van der Waals surface area contributed by atoms with Gasteiger partial charge in [-0.1, -0.05) is 45.4 Å². The fourth-order valence-electron chi connectivity index (χ4n) is 2.75. The third-order valence-corrected chi connectivity index (χ3v) is 4.72. The standard InChI is InChI=1S/C14H26N2S/c1-14(2,3)8-12-10-16-13(17-12)15-9-11-6-4-5-7-11/h11-12H,4-10H2,1-3H3,(H,15,16). The Morgan fingerprint density at radius 3 is 2.65 bits per heavy atom. The number of amidine groups is 1. The molecule has 1 unspecified atom stereocenters. The molecule has 1 aliphatic heterocycles. The Balaban J connectivity index is 1.66. The number of hydrogen-bond acceptors (Lipinski definition) is 3. The Morgan fingerprint density at radius 2 is 2.00 bits per heavy atom. The minimum absolute atomic E-state index is 0.425. The molecule has 2 rings (SSSR count). The van der Waals surface area contributed by atoms with Crippen molar-refractivity contribution in [2.24, 2.45) is 16.3 Å². The monoisotopic (exact) mass is 254 g/mol.